The Morgan fingerprint density at radius 3 is 1.54 bits per heavy atom. The van der Waals surface area contributed by atoms with Crippen molar-refractivity contribution >= 4 is 21.6 Å². The van der Waals surface area contributed by atoms with E-state index < -0.39 is 0 Å². The molecule has 0 N–H and O–H groups in total. The summed E-state index contributed by atoms with van der Waals surface area (Å²) >= 11 is 1.73. The van der Waals surface area contributed by atoms with Crippen molar-refractivity contribution in [1.29, 1.82) is 0 Å². The Labute approximate surface area is 231 Å². The number of aromatic nitrogens is 3. The summed E-state index contributed by atoms with van der Waals surface area (Å²) < 4.78 is 1.18. The van der Waals surface area contributed by atoms with E-state index in [0.29, 0.717) is 5.82 Å². The van der Waals surface area contributed by atoms with Crippen molar-refractivity contribution in [3.63, 3.8) is 0 Å². The molecule has 0 fully saturated rings. The monoisotopic (exact) mass is 517 g/mol. The summed E-state index contributed by atoms with van der Waals surface area (Å²) in [5, 5.41) is 1.04. The van der Waals surface area contributed by atoms with Gasteiger partial charge in [0.2, 0.25) is 0 Å². The van der Waals surface area contributed by atoms with Crippen molar-refractivity contribution in [2.24, 2.45) is 0 Å². The van der Waals surface area contributed by atoms with Crippen molar-refractivity contribution in [3.8, 4) is 55.6 Å². The topological polar surface area (TPSA) is 38.7 Å². The lowest BCUT2D eigenvalue weighted by Gasteiger charge is -2.10. The summed E-state index contributed by atoms with van der Waals surface area (Å²) in [5.74, 6) is 0.708. The van der Waals surface area contributed by atoms with Gasteiger partial charge in [-0.05, 0) is 17.7 Å². The number of nitrogens with zero attached hydrogens (tertiary/aromatic N) is 3. The maximum absolute atomic E-state index is 5.02. The average molecular weight is 518 g/mol. The van der Waals surface area contributed by atoms with Crippen molar-refractivity contribution < 1.29 is 0 Å². The highest BCUT2D eigenvalue weighted by atomic mass is 32.1. The van der Waals surface area contributed by atoms with Crippen LogP contribution in [-0.2, 0) is 0 Å². The van der Waals surface area contributed by atoms with Gasteiger partial charge in [-0.3, -0.25) is 0 Å². The van der Waals surface area contributed by atoms with Gasteiger partial charge in [-0.2, -0.15) is 0 Å². The molecule has 39 heavy (non-hydrogen) atoms. The number of hydrogen-bond donors (Lipinski definition) is 0. The molecule has 5 aromatic carbocycles. The molecule has 0 saturated carbocycles. The maximum Gasteiger partial charge on any atom is 0.160 e. The van der Waals surface area contributed by atoms with Crippen LogP contribution >= 0.6 is 11.3 Å². The second-order valence-corrected chi connectivity index (χ2v) is 10.3. The van der Waals surface area contributed by atoms with Crippen LogP contribution < -0.4 is 0 Å². The van der Waals surface area contributed by atoms with Gasteiger partial charge in [0, 0.05) is 27.8 Å². The number of benzene rings is 5. The Bertz CT molecular complexity index is 1820. The van der Waals surface area contributed by atoms with Gasteiger partial charge in [-0.15, -0.1) is 11.3 Å². The highest BCUT2D eigenvalue weighted by Gasteiger charge is 2.13. The summed E-state index contributed by atoms with van der Waals surface area (Å²) in [7, 11) is 0. The fourth-order valence-corrected chi connectivity index (χ4v) is 5.77. The molecule has 0 amide bonds. The molecule has 0 spiro atoms. The van der Waals surface area contributed by atoms with Gasteiger partial charge in [0.1, 0.15) is 5.01 Å². The Kier molecular flexibility index (Phi) is 6.00. The summed E-state index contributed by atoms with van der Waals surface area (Å²) in [6.45, 7) is 0. The van der Waals surface area contributed by atoms with Crippen LogP contribution in [0.3, 0.4) is 0 Å². The zero-order chi connectivity index (χ0) is 26.0. The van der Waals surface area contributed by atoms with E-state index in [4.69, 9.17) is 15.0 Å². The molecule has 0 radical (unpaired) electrons. The highest BCUT2D eigenvalue weighted by molar-refractivity contribution is 7.21. The Morgan fingerprint density at radius 2 is 0.949 bits per heavy atom. The van der Waals surface area contributed by atoms with Crippen molar-refractivity contribution in [2.75, 3.05) is 0 Å². The van der Waals surface area contributed by atoms with Gasteiger partial charge in [0.25, 0.3) is 0 Å². The second kappa shape index (κ2) is 10.1. The van der Waals surface area contributed by atoms with Crippen LogP contribution in [0.2, 0.25) is 0 Å². The lowest BCUT2D eigenvalue weighted by molar-refractivity contribution is 1.18. The smallest absolute Gasteiger partial charge is 0.160 e. The van der Waals surface area contributed by atoms with Crippen molar-refractivity contribution in [2.45, 2.75) is 0 Å². The first-order valence-electron chi connectivity index (χ1n) is 12.9. The summed E-state index contributed by atoms with van der Waals surface area (Å²) in [5.41, 5.74) is 9.35. The Morgan fingerprint density at radius 1 is 0.410 bits per heavy atom. The van der Waals surface area contributed by atoms with Gasteiger partial charge in [-0.1, -0.05) is 127 Å². The molecule has 4 heteroatoms. The molecule has 7 aromatic rings. The molecular weight excluding hydrogens is 494 g/mol. The van der Waals surface area contributed by atoms with E-state index in [1.54, 1.807) is 11.3 Å². The SMILES string of the molecule is c1ccc(-c2cc(-c3ccccc3)nc(-c3ccc(-c4cccc5sc(-c6ccccc6)nc45)cc3)n2)cc1. The van der Waals surface area contributed by atoms with Gasteiger partial charge < -0.3 is 0 Å². The quantitative estimate of drug-likeness (QED) is 0.228. The highest BCUT2D eigenvalue weighted by Crippen LogP contribution is 2.36. The third-order valence-corrected chi connectivity index (χ3v) is 7.83. The van der Waals surface area contributed by atoms with Gasteiger partial charge >= 0.3 is 0 Å². The summed E-state index contributed by atoms with van der Waals surface area (Å²) in [6.07, 6.45) is 0. The van der Waals surface area contributed by atoms with E-state index in [1.807, 2.05) is 42.5 Å². The average Bonchev–Trinajstić information content (AvgIpc) is 3.47. The molecule has 0 atom stereocenters. The van der Waals surface area contributed by atoms with Crippen LogP contribution in [0.5, 0.6) is 0 Å². The Hall–Kier alpha value is -4.93. The van der Waals surface area contributed by atoms with Crippen LogP contribution in [0.25, 0.3) is 65.8 Å². The van der Waals surface area contributed by atoms with Crippen LogP contribution in [0.4, 0.5) is 0 Å². The van der Waals surface area contributed by atoms with E-state index in [2.05, 4.69) is 97.1 Å². The van der Waals surface area contributed by atoms with Gasteiger partial charge in [-0.25, -0.2) is 15.0 Å². The molecule has 0 saturated heterocycles. The predicted octanol–water partition coefficient (Wildman–Crippen LogP) is 9.42. The zero-order valence-electron chi connectivity index (χ0n) is 21.0. The second-order valence-electron chi connectivity index (χ2n) is 9.31. The fourth-order valence-electron chi connectivity index (χ4n) is 4.77. The molecule has 184 valence electrons. The molecular formula is C35H23N3S. The molecule has 2 aromatic heterocycles. The number of fused-ring (bicyclic) bond motifs is 1. The number of para-hydroxylation sites is 1. The lowest BCUT2D eigenvalue weighted by atomic mass is 10.0. The molecule has 7 rings (SSSR count). The van der Waals surface area contributed by atoms with Crippen molar-refractivity contribution in [1.82, 2.24) is 15.0 Å². The standard InChI is InChI=1S/C35H23N3S/c1-4-11-25(12-5-1)30-23-31(26-13-6-2-7-14-26)37-34(36-30)27-21-19-24(20-22-27)29-17-10-18-32-33(29)38-35(39-32)28-15-8-3-9-16-28/h1-23H. The first kappa shape index (κ1) is 23.2. The van der Waals surface area contributed by atoms with Gasteiger partial charge in [0.05, 0.1) is 21.6 Å². The van der Waals surface area contributed by atoms with Crippen LogP contribution in [0.15, 0.2) is 140 Å². The number of rotatable bonds is 5. The summed E-state index contributed by atoms with van der Waals surface area (Å²) in [6, 6.07) is 47.9. The van der Waals surface area contributed by atoms with Gasteiger partial charge in [0.15, 0.2) is 5.82 Å². The third-order valence-electron chi connectivity index (χ3n) is 6.76. The van der Waals surface area contributed by atoms with E-state index in [9.17, 15) is 0 Å². The minimum Gasteiger partial charge on any atom is -0.235 e. The third kappa shape index (κ3) is 4.63. The molecule has 0 aliphatic rings. The predicted molar refractivity (Wildman–Crippen MR) is 162 cm³/mol. The minimum atomic E-state index is 0.708. The largest absolute Gasteiger partial charge is 0.235 e. The first-order valence-corrected chi connectivity index (χ1v) is 13.7. The molecule has 2 heterocycles. The van der Waals surface area contributed by atoms with E-state index in [0.717, 1.165) is 55.3 Å². The van der Waals surface area contributed by atoms with Crippen molar-refractivity contribution in [3.05, 3.63) is 140 Å². The van der Waals surface area contributed by atoms with E-state index >= 15 is 0 Å². The zero-order valence-corrected chi connectivity index (χ0v) is 21.8. The first-order chi connectivity index (χ1) is 19.3. The molecule has 0 aliphatic heterocycles. The molecule has 3 nitrogen and oxygen atoms in total. The van der Waals surface area contributed by atoms with Crippen LogP contribution in [0, 0.1) is 0 Å². The molecule has 0 aliphatic carbocycles. The normalized spacial score (nSPS) is 11.1. The summed E-state index contributed by atoms with van der Waals surface area (Å²) in [4.78, 5) is 15.0. The van der Waals surface area contributed by atoms with Crippen LogP contribution in [0.1, 0.15) is 0 Å². The number of thiazole rings is 1. The fraction of sp³-hybridized carbons (Fsp3) is 0. The van der Waals surface area contributed by atoms with E-state index in [-0.39, 0.29) is 0 Å². The maximum atomic E-state index is 5.02. The number of hydrogen-bond acceptors (Lipinski definition) is 4. The minimum absolute atomic E-state index is 0.708. The van der Waals surface area contributed by atoms with Crippen LogP contribution in [-0.4, -0.2) is 15.0 Å². The molecule has 0 unspecified atom stereocenters. The lowest BCUT2D eigenvalue weighted by Crippen LogP contribution is -1.96. The molecule has 0 bridgehead atoms. The van der Waals surface area contributed by atoms with E-state index in [1.165, 1.54) is 4.70 Å². The Balaban J connectivity index is 1.29.